The van der Waals surface area contributed by atoms with Crippen molar-refractivity contribution in [2.45, 2.75) is 43.6 Å². The van der Waals surface area contributed by atoms with Crippen LogP contribution in [0.25, 0.3) is 0 Å². The van der Waals surface area contributed by atoms with Crippen LogP contribution >= 0.6 is 12.4 Å². The number of carbonyl (C=O) groups is 2. The van der Waals surface area contributed by atoms with Crippen LogP contribution < -0.4 is 15.4 Å². The molecule has 0 saturated carbocycles. The zero-order valence-electron chi connectivity index (χ0n) is 27.1. The van der Waals surface area contributed by atoms with Gasteiger partial charge in [-0.3, -0.25) is 4.79 Å². The molecule has 1 saturated heterocycles. The summed E-state index contributed by atoms with van der Waals surface area (Å²) in [6.07, 6.45) is 3.49. The lowest BCUT2D eigenvalue weighted by molar-refractivity contribution is -0.120. The second kappa shape index (κ2) is 18.1. The van der Waals surface area contributed by atoms with E-state index in [2.05, 4.69) is 82.3 Å². The largest absolute Gasteiger partial charge is 0.497 e. The summed E-state index contributed by atoms with van der Waals surface area (Å²) in [6.45, 7) is 3.53. The maximum Gasteiger partial charge on any atom is 0.407 e. The predicted molar refractivity (Wildman–Crippen MR) is 189 cm³/mol. The summed E-state index contributed by atoms with van der Waals surface area (Å²) < 4.78 is 10.7. The van der Waals surface area contributed by atoms with Crippen molar-refractivity contribution in [3.63, 3.8) is 0 Å². The highest BCUT2D eigenvalue weighted by Crippen LogP contribution is 2.37. The Kier molecular flexibility index (Phi) is 13.7. The smallest absolute Gasteiger partial charge is 0.407 e. The van der Waals surface area contributed by atoms with Crippen molar-refractivity contribution >= 4 is 24.4 Å². The van der Waals surface area contributed by atoms with Gasteiger partial charge in [-0.25, -0.2) is 4.79 Å². The number of alkyl carbamates (subject to hydrolysis) is 1. The Labute approximate surface area is 285 Å². The Morgan fingerprint density at radius 1 is 0.809 bits per heavy atom. The molecule has 4 aromatic rings. The zero-order chi connectivity index (χ0) is 32.0. The van der Waals surface area contributed by atoms with Gasteiger partial charge in [0.15, 0.2) is 0 Å². The quantitative estimate of drug-likeness (QED) is 0.151. The number of halogens is 1. The van der Waals surface area contributed by atoms with E-state index in [4.69, 9.17) is 9.47 Å². The molecular weight excluding hydrogens is 610 g/mol. The number of nitrogens with one attached hydrogen (secondary N) is 2. The minimum absolute atomic E-state index is 0. The average Bonchev–Trinajstić information content (AvgIpc) is 3.12. The molecule has 248 valence electrons. The van der Waals surface area contributed by atoms with E-state index in [9.17, 15) is 9.59 Å². The van der Waals surface area contributed by atoms with Crippen molar-refractivity contribution in [3.8, 4) is 5.75 Å². The van der Waals surface area contributed by atoms with Crippen molar-refractivity contribution in [2.24, 2.45) is 0 Å². The van der Waals surface area contributed by atoms with Gasteiger partial charge >= 0.3 is 6.09 Å². The van der Waals surface area contributed by atoms with Gasteiger partial charge in [0.05, 0.1) is 13.7 Å². The first-order valence-corrected chi connectivity index (χ1v) is 16.2. The molecule has 47 heavy (non-hydrogen) atoms. The first-order valence-electron chi connectivity index (χ1n) is 16.2. The summed E-state index contributed by atoms with van der Waals surface area (Å²) in [5.74, 6) is 1.22. The van der Waals surface area contributed by atoms with E-state index in [0.717, 1.165) is 67.8 Å². The Morgan fingerprint density at radius 3 is 2.04 bits per heavy atom. The molecular formula is C39H46ClN3O4. The van der Waals surface area contributed by atoms with Crippen LogP contribution in [0.2, 0.25) is 0 Å². The fourth-order valence-electron chi connectivity index (χ4n) is 6.49. The molecule has 0 spiro atoms. The van der Waals surface area contributed by atoms with Crippen LogP contribution in [-0.2, 0) is 21.6 Å². The van der Waals surface area contributed by atoms with Gasteiger partial charge in [-0.2, -0.15) is 0 Å². The van der Waals surface area contributed by atoms with Gasteiger partial charge in [0.25, 0.3) is 0 Å². The number of piperidine rings is 1. The number of nitrogens with zero attached hydrogens (tertiary/aromatic N) is 1. The summed E-state index contributed by atoms with van der Waals surface area (Å²) in [7, 11) is 1.72. The summed E-state index contributed by atoms with van der Waals surface area (Å²) in [4.78, 5) is 27.9. The lowest BCUT2D eigenvalue weighted by Gasteiger charge is -2.37. The van der Waals surface area contributed by atoms with Gasteiger partial charge in [0.2, 0.25) is 5.91 Å². The number of amides is 2. The molecule has 0 atom stereocenters. The fourth-order valence-corrected chi connectivity index (χ4v) is 6.49. The molecule has 0 bridgehead atoms. The van der Waals surface area contributed by atoms with Crippen LogP contribution in [0.5, 0.6) is 5.75 Å². The minimum atomic E-state index is -0.619. The van der Waals surface area contributed by atoms with E-state index in [-0.39, 0.29) is 31.5 Å². The van der Waals surface area contributed by atoms with Gasteiger partial charge in [-0.05, 0) is 85.6 Å². The number of carbonyl (C=O) groups excluding carboxylic acids is 2. The zero-order valence-corrected chi connectivity index (χ0v) is 27.9. The highest BCUT2D eigenvalue weighted by Gasteiger charge is 2.34. The third kappa shape index (κ3) is 10.1. The van der Waals surface area contributed by atoms with Crippen molar-refractivity contribution in [1.82, 2.24) is 15.5 Å². The Bertz CT molecular complexity index is 1470. The van der Waals surface area contributed by atoms with E-state index in [1.807, 2.05) is 48.5 Å². The third-order valence-corrected chi connectivity index (χ3v) is 9.08. The lowest BCUT2D eigenvalue weighted by atomic mass is 9.71. The van der Waals surface area contributed by atoms with Gasteiger partial charge in [-0.1, -0.05) is 103 Å². The summed E-state index contributed by atoms with van der Waals surface area (Å²) >= 11 is 0. The first-order chi connectivity index (χ1) is 22.6. The third-order valence-electron chi connectivity index (χ3n) is 9.08. The van der Waals surface area contributed by atoms with Crippen molar-refractivity contribution in [3.05, 3.63) is 138 Å². The van der Waals surface area contributed by atoms with Crippen molar-refractivity contribution in [1.29, 1.82) is 0 Å². The molecule has 7 nitrogen and oxygen atoms in total. The summed E-state index contributed by atoms with van der Waals surface area (Å²) in [6, 6.07) is 38.8. The molecule has 0 unspecified atom stereocenters. The van der Waals surface area contributed by atoms with Crippen molar-refractivity contribution in [2.75, 3.05) is 39.8 Å². The van der Waals surface area contributed by atoms with E-state index in [0.29, 0.717) is 12.5 Å². The molecule has 8 heteroatoms. The Balaban J connectivity index is 0.00000500. The first kappa shape index (κ1) is 35.5. The monoisotopic (exact) mass is 655 g/mol. The number of benzene rings is 4. The number of hydrogen-bond acceptors (Lipinski definition) is 5. The number of rotatable bonds is 14. The molecule has 4 aromatic carbocycles. The standard InChI is InChI=1S/C39H45N3O4.ClH/c1-45-36-20-11-15-33(27-36)32-21-25-42(26-22-32)24-12-23-39(34-16-7-3-8-17-34,35-18-9-4-10-19-35)30-41-37(43)28-40-38(44)46-29-31-13-5-2-6-14-31;/h2-11,13-20,27,32H,12,21-26,28-30H2,1H3,(H,40,44)(H,41,43);1H. The van der Waals surface area contributed by atoms with Crippen LogP contribution in [0.15, 0.2) is 115 Å². The minimum Gasteiger partial charge on any atom is -0.497 e. The second-order valence-corrected chi connectivity index (χ2v) is 12.0. The normalized spacial score (nSPS) is 13.6. The van der Waals surface area contributed by atoms with Gasteiger partial charge < -0.3 is 25.0 Å². The molecule has 1 fully saturated rings. The van der Waals surface area contributed by atoms with Crippen LogP contribution in [0, 0.1) is 0 Å². The molecule has 0 radical (unpaired) electrons. The summed E-state index contributed by atoms with van der Waals surface area (Å²) in [5.41, 5.74) is 4.15. The number of hydrogen-bond donors (Lipinski definition) is 2. The molecule has 1 aliphatic rings. The van der Waals surface area contributed by atoms with Crippen LogP contribution in [0.1, 0.15) is 53.9 Å². The van der Waals surface area contributed by atoms with Crippen LogP contribution in [0.3, 0.4) is 0 Å². The van der Waals surface area contributed by atoms with Gasteiger partial charge in [-0.15, -0.1) is 12.4 Å². The maximum atomic E-state index is 13.0. The van der Waals surface area contributed by atoms with E-state index in [1.54, 1.807) is 7.11 Å². The number of likely N-dealkylation sites (tertiary alicyclic amines) is 1. The Morgan fingerprint density at radius 2 is 1.43 bits per heavy atom. The van der Waals surface area contributed by atoms with Crippen LogP contribution in [-0.4, -0.2) is 56.7 Å². The predicted octanol–water partition coefficient (Wildman–Crippen LogP) is 7.11. The molecule has 5 rings (SSSR count). The molecule has 2 N–H and O–H groups in total. The Hall–Kier alpha value is -4.33. The highest BCUT2D eigenvalue weighted by atomic mass is 35.5. The molecule has 0 aromatic heterocycles. The SMILES string of the molecule is COc1cccc(C2CCN(CCCC(CNC(=O)CNC(=O)OCc3ccccc3)(c3ccccc3)c3ccccc3)CC2)c1.Cl. The lowest BCUT2D eigenvalue weighted by Crippen LogP contribution is -2.45. The fraction of sp³-hybridized carbons (Fsp3) is 0.333. The second-order valence-electron chi connectivity index (χ2n) is 12.0. The molecule has 2 amide bonds. The van der Waals surface area contributed by atoms with Crippen LogP contribution in [0.4, 0.5) is 4.79 Å². The number of methoxy groups -OCH3 is 1. The van der Waals surface area contributed by atoms with Gasteiger partial charge in [0.1, 0.15) is 12.4 Å². The number of ether oxygens (including phenoxy) is 2. The average molecular weight is 656 g/mol. The van der Waals surface area contributed by atoms with E-state index < -0.39 is 11.5 Å². The van der Waals surface area contributed by atoms with E-state index in [1.165, 1.54) is 5.56 Å². The topological polar surface area (TPSA) is 79.9 Å². The molecule has 1 heterocycles. The molecule has 0 aliphatic carbocycles. The van der Waals surface area contributed by atoms with Gasteiger partial charge in [0, 0.05) is 12.0 Å². The highest BCUT2D eigenvalue weighted by molar-refractivity contribution is 5.85. The summed E-state index contributed by atoms with van der Waals surface area (Å²) in [5, 5.41) is 5.73. The van der Waals surface area contributed by atoms with Crippen molar-refractivity contribution < 1.29 is 19.1 Å². The van der Waals surface area contributed by atoms with E-state index >= 15 is 0 Å². The molecule has 1 aliphatic heterocycles. The maximum absolute atomic E-state index is 13.0.